The molecule has 6 nitrogen and oxygen atoms in total. The van der Waals surface area contributed by atoms with Gasteiger partial charge in [0.1, 0.15) is 11.9 Å². The Morgan fingerprint density at radius 2 is 1.83 bits per heavy atom. The molecule has 1 fully saturated rings. The zero-order valence-electron chi connectivity index (χ0n) is 19.2. The molecule has 1 aliphatic heterocycles. The summed E-state index contributed by atoms with van der Waals surface area (Å²) >= 11 is 5.78. The first-order valence-corrected chi connectivity index (χ1v) is 11.5. The molecule has 35 heavy (non-hydrogen) atoms. The van der Waals surface area contributed by atoms with E-state index in [2.05, 4.69) is 14.9 Å². The van der Waals surface area contributed by atoms with Gasteiger partial charge >= 0.3 is 5.97 Å². The topological polar surface area (TPSA) is 59.4 Å². The number of carbonyl (C=O) groups excluding carboxylic acids is 1. The van der Waals surface area contributed by atoms with Crippen LogP contribution >= 0.6 is 12.2 Å². The van der Waals surface area contributed by atoms with E-state index in [1.165, 1.54) is 13.2 Å². The third-order valence-corrected chi connectivity index (χ3v) is 6.48. The van der Waals surface area contributed by atoms with Gasteiger partial charge in [0, 0.05) is 29.5 Å². The van der Waals surface area contributed by atoms with Gasteiger partial charge in [0.05, 0.1) is 24.4 Å². The second kappa shape index (κ2) is 9.31. The summed E-state index contributed by atoms with van der Waals surface area (Å²) in [6.07, 6.45) is 3.72. The van der Waals surface area contributed by atoms with Crippen LogP contribution in [0.15, 0.2) is 85.2 Å². The number of aryl methyl sites for hydroxylation is 1. The maximum atomic E-state index is 14.1. The van der Waals surface area contributed by atoms with Gasteiger partial charge in [0.25, 0.3) is 0 Å². The van der Waals surface area contributed by atoms with Crippen molar-refractivity contribution < 1.29 is 13.9 Å². The van der Waals surface area contributed by atoms with E-state index in [0.717, 1.165) is 22.8 Å². The molecule has 4 aromatic rings. The summed E-state index contributed by atoms with van der Waals surface area (Å²) in [4.78, 5) is 18.5. The molecule has 0 aliphatic carbocycles. The molecule has 0 spiro atoms. The van der Waals surface area contributed by atoms with Crippen molar-refractivity contribution in [2.24, 2.45) is 0 Å². The summed E-state index contributed by atoms with van der Waals surface area (Å²) in [5.41, 5.74) is 4.49. The highest BCUT2D eigenvalue weighted by molar-refractivity contribution is 7.80. The van der Waals surface area contributed by atoms with Crippen LogP contribution in [0, 0.1) is 12.7 Å². The molecule has 0 unspecified atom stereocenters. The van der Waals surface area contributed by atoms with Crippen molar-refractivity contribution >= 4 is 29.0 Å². The van der Waals surface area contributed by atoms with E-state index in [1.807, 2.05) is 53.6 Å². The van der Waals surface area contributed by atoms with E-state index in [-0.39, 0.29) is 23.9 Å². The molecular formula is C27H23FN4O2S. The largest absolute Gasteiger partial charge is 0.465 e. The van der Waals surface area contributed by atoms with Gasteiger partial charge in [-0.05, 0) is 91.4 Å². The van der Waals surface area contributed by atoms with Crippen LogP contribution in [0.3, 0.4) is 0 Å². The number of aromatic nitrogens is 2. The van der Waals surface area contributed by atoms with Crippen LogP contribution in [0.1, 0.15) is 39.4 Å². The minimum absolute atomic E-state index is 0.239. The SMILES string of the molecule is COC(=O)c1ccc(-n2cccc2[C@H]2[C@@H](c3ccccn3)NC(=S)N2c2ccc(F)c(C)c2)cc1. The molecule has 2 atom stereocenters. The summed E-state index contributed by atoms with van der Waals surface area (Å²) in [5, 5.41) is 3.96. The maximum absolute atomic E-state index is 14.1. The fraction of sp³-hybridized carbons (Fsp3) is 0.148. The molecule has 8 heteroatoms. The fourth-order valence-electron chi connectivity index (χ4n) is 4.46. The standard InChI is InChI=1S/C27H23FN4O2S/c1-17-16-20(12-13-21(17)28)32-25(24(30-27(32)35)22-6-3-4-14-29-22)23-7-5-15-31(23)19-10-8-18(9-11-19)26(33)34-2/h3-16,24-25H,1-2H3,(H,30,35)/t24-,25+/m1/s1. The minimum Gasteiger partial charge on any atom is -0.465 e. The van der Waals surface area contributed by atoms with Crippen LogP contribution in [0.2, 0.25) is 0 Å². The smallest absolute Gasteiger partial charge is 0.337 e. The third-order valence-electron chi connectivity index (χ3n) is 6.17. The lowest BCUT2D eigenvalue weighted by Crippen LogP contribution is -2.30. The van der Waals surface area contributed by atoms with E-state index in [1.54, 1.807) is 37.4 Å². The van der Waals surface area contributed by atoms with Crippen molar-refractivity contribution in [3.05, 3.63) is 114 Å². The van der Waals surface area contributed by atoms with Gasteiger partial charge < -0.3 is 19.5 Å². The molecule has 176 valence electrons. The molecular weight excluding hydrogens is 463 g/mol. The number of hydrogen-bond donors (Lipinski definition) is 1. The van der Waals surface area contributed by atoms with Gasteiger partial charge in [-0.25, -0.2) is 9.18 Å². The van der Waals surface area contributed by atoms with Crippen LogP contribution in [-0.2, 0) is 4.74 Å². The summed E-state index contributed by atoms with van der Waals surface area (Å²) < 4.78 is 21.0. The summed E-state index contributed by atoms with van der Waals surface area (Å²) in [7, 11) is 1.36. The number of thiocarbonyl (C=S) groups is 1. The van der Waals surface area contributed by atoms with Crippen molar-refractivity contribution in [1.82, 2.24) is 14.9 Å². The molecule has 3 heterocycles. The first kappa shape index (κ1) is 22.7. The number of benzene rings is 2. The van der Waals surface area contributed by atoms with Crippen molar-refractivity contribution in [2.75, 3.05) is 12.0 Å². The second-order valence-corrected chi connectivity index (χ2v) is 8.66. The Labute approximate surface area is 208 Å². The van der Waals surface area contributed by atoms with Crippen LogP contribution in [0.4, 0.5) is 10.1 Å². The molecule has 0 bridgehead atoms. The lowest BCUT2D eigenvalue weighted by molar-refractivity contribution is 0.0600. The fourth-order valence-corrected chi connectivity index (χ4v) is 4.80. The van der Waals surface area contributed by atoms with E-state index in [4.69, 9.17) is 17.0 Å². The molecule has 1 aliphatic rings. The van der Waals surface area contributed by atoms with Gasteiger partial charge in [-0.1, -0.05) is 6.07 Å². The zero-order valence-corrected chi connectivity index (χ0v) is 20.0. The number of methoxy groups -OCH3 is 1. The molecule has 1 N–H and O–H groups in total. The molecule has 2 aromatic heterocycles. The van der Waals surface area contributed by atoms with Crippen LogP contribution < -0.4 is 10.2 Å². The number of carbonyl (C=O) groups is 1. The summed E-state index contributed by atoms with van der Waals surface area (Å²) in [6.45, 7) is 1.74. The first-order chi connectivity index (χ1) is 17.0. The van der Waals surface area contributed by atoms with Crippen molar-refractivity contribution in [3.63, 3.8) is 0 Å². The number of esters is 1. The third kappa shape index (κ3) is 4.17. The Morgan fingerprint density at radius 1 is 1.06 bits per heavy atom. The quantitative estimate of drug-likeness (QED) is 0.306. The zero-order chi connectivity index (χ0) is 24.5. The van der Waals surface area contributed by atoms with Crippen LogP contribution in [-0.4, -0.2) is 27.7 Å². The number of pyridine rings is 1. The number of ether oxygens (including phenoxy) is 1. The average Bonchev–Trinajstić information content (AvgIpc) is 3.50. The summed E-state index contributed by atoms with van der Waals surface area (Å²) in [5.74, 6) is -0.651. The normalized spacial score (nSPS) is 17.3. The van der Waals surface area contributed by atoms with Gasteiger partial charge in [-0.15, -0.1) is 0 Å². The number of nitrogens with zero attached hydrogens (tertiary/aromatic N) is 3. The molecule has 0 saturated carbocycles. The number of halogens is 1. The minimum atomic E-state index is -0.386. The second-order valence-electron chi connectivity index (χ2n) is 8.27. The van der Waals surface area contributed by atoms with Gasteiger partial charge in [0.2, 0.25) is 0 Å². The monoisotopic (exact) mass is 486 g/mol. The first-order valence-electron chi connectivity index (χ1n) is 11.1. The molecule has 2 aromatic carbocycles. The Hall–Kier alpha value is -4.04. The predicted octanol–water partition coefficient (Wildman–Crippen LogP) is 5.28. The Kier molecular flexibility index (Phi) is 6.05. The highest BCUT2D eigenvalue weighted by Gasteiger charge is 2.42. The Balaban J connectivity index is 1.63. The number of hydrogen-bond acceptors (Lipinski definition) is 4. The number of anilines is 1. The van der Waals surface area contributed by atoms with Gasteiger partial charge in [-0.2, -0.15) is 0 Å². The van der Waals surface area contributed by atoms with E-state index in [9.17, 15) is 9.18 Å². The van der Waals surface area contributed by atoms with Gasteiger partial charge in [0.15, 0.2) is 5.11 Å². The Bertz CT molecular complexity index is 1390. The highest BCUT2D eigenvalue weighted by atomic mass is 32.1. The molecule has 0 amide bonds. The average molecular weight is 487 g/mol. The summed E-state index contributed by atoms with van der Waals surface area (Å²) in [6, 6.07) is 21.5. The van der Waals surface area contributed by atoms with Crippen molar-refractivity contribution in [3.8, 4) is 5.69 Å². The Morgan fingerprint density at radius 3 is 2.51 bits per heavy atom. The van der Waals surface area contributed by atoms with E-state index < -0.39 is 0 Å². The maximum Gasteiger partial charge on any atom is 0.337 e. The van der Waals surface area contributed by atoms with E-state index >= 15 is 0 Å². The van der Waals surface area contributed by atoms with Crippen molar-refractivity contribution in [1.29, 1.82) is 0 Å². The van der Waals surface area contributed by atoms with Gasteiger partial charge in [-0.3, -0.25) is 4.98 Å². The van der Waals surface area contributed by atoms with Crippen LogP contribution in [0.25, 0.3) is 5.69 Å². The number of rotatable bonds is 5. The van der Waals surface area contributed by atoms with E-state index in [0.29, 0.717) is 16.2 Å². The van der Waals surface area contributed by atoms with Crippen LogP contribution in [0.5, 0.6) is 0 Å². The molecule has 1 saturated heterocycles. The number of nitrogens with one attached hydrogen (secondary N) is 1. The molecule has 5 rings (SSSR count). The predicted molar refractivity (Wildman–Crippen MR) is 136 cm³/mol. The van der Waals surface area contributed by atoms with Crippen molar-refractivity contribution in [2.45, 2.75) is 19.0 Å². The lowest BCUT2D eigenvalue weighted by Gasteiger charge is -2.29. The highest BCUT2D eigenvalue weighted by Crippen LogP contribution is 2.42. The lowest BCUT2D eigenvalue weighted by atomic mass is 10.0. The molecule has 0 radical (unpaired) electrons.